The summed E-state index contributed by atoms with van der Waals surface area (Å²) in [6, 6.07) is 6.38. The van der Waals surface area contributed by atoms with E-state index in [2.05, 4.69) is 44.3 Å². The SMILES string of the molecule is CN(C(=O)C1(C)CCNCC1)C(C)(C)c1ccc2c(c1)CC(C(=O)NO)CC2. The Bertz CT molecular complexity index is 753. The fourth-order valence-electron chi connectivity index (χ4n) is 4.50. The van der Waals surface area contributed by atoms with Gasteiger partial charge in [-0.15, -0.1) is 0 Å². The largest absolute Gasteiger partial charge is 0.336 e. The summed E-state index contributed by atoms with van der Waals surface area (Å²) >= 11 is 0. The molecule has 1 fully saturated rings. The summed E-state index contributed by atoms with van der Waals surface area (Å²) in [5.74, 6) is -0.334. The quantitative estimate of drug-likeness (QED) is 0.547. The number of carbonyl (C=O) groups is 2. The number of rotatable bonds is 4. The van der Waals surface area contributed by atoms with Crippen LogP contribution < -0.4 is 10.8 Å². The van der Waals surface area contributed by atoms with Gasteiger partial charge in [-0.25, -0.2) is 5.48 Å². The smallest absolute Gasteiger partial charge is 0.246 e. The topological polar surface area (TPSA) is 81.7 Å². The number of fused-ring (bicyclic) bond motifs is 1. The molecule has 1 aliphatic carbocycles. The molecule has 1 aromatic rings. The van der Waals surface area contributed by atoms with Crippen LogP contribution >= 0.6 is 0 Å². The molecule has 1 heterocycles. The predicted octanol–water partition coefficient (Wildman–Crippen LogP) is 2.38. The van der Waals surface area contributed by atoms with Gasteiger partial charge in [0.1, 0.15) is 0 Å². The Morgan fingerprint density at radius 1 is 1.25 bits per heavy atom. The predicted molar refractivity (Wildman–Crippen MR) is 108 cm³/mol. The van der Waals surface area contributed by atoms with Gasteiger partial charge in [0.15, 0.2) is 0 Å². The lowest BCUT2D eigenvalue weighted by molar-refractivity contribution is -0.146. The molecule has 0 radical (unpaired) electrons. The van der Waals surface area contributed by atoms with Crippen molar-refractivity contribution in [3.8, 4) is 0 Å². The Hall–Kier alpha value is -1.92. The molecule has 0 spiro atoms. The van der Waals surface area contributed by atoms with Crippen LogP contribution in [0.25, 0.3) is 0 Å². The van der Waals surface area contributed by atoms with E-state index in [-0.39, 0.29) is 23.1 Å². The zero-order chi connectivity index (χ0) is 20.5. The molecule has 1 aromatic carbocycles. The van der Waals surface area contributed by atoms with Gasteiger partial charge in [0.2, 0.25) is 11.8 Å². The zero-order valence-corrected chi connectivity index (χ0v) is 17.5. The molecule has 6 heteroatoms. The van der Waals surface area contributed by atoms with E-state index in [0.29, 0.717) is 6.42 Å². The summed E-state index contributed by atoms with van der Waals surface area (Å²) in [4.78, 5) is 27.1. The van der Waals surface area contributed by atoms with Crippen LogP contribution in [0.5, 0.6) is 0 Å². The molecule has 3 N–H and O–H groups in total. The van der Waals surface area contributed by atoms with Crippen LogP contribution in [-0.4, -0.2) is 42.1 Å². The zero-order valence-electron chi connectivity index (χ0n) is 17.5. The van der Waals surface area contributed by atoms with Gasteiger partial charge in [-0.05, 0) is 75.7 Å². The van der Waals surface area contributed by atoms with Crippen molar-refractivity contribution in [1.82, 2.24) is 15.7 Å². The molecule has 6 nitrogen and oxygen atoms in total. The Morgan fingerprint density at radius 2 is 1.93 bits per heavy atom. The maximum atomic E-state index is 13.3. The fourth-order valence-corrected chi connectivity index (χ4v) is 4.50. The van der Waals surface area contributed by atoms with Gasteiger partial charge in [0.25, 0.3) is 0 Å². The van der Waals surface area contributed by atoms with Gasteiger partial charge in [-0.3, -0.25) is 14.8 Å². The van der Waals surface area contributed by atoms with Crippen molar-refractivity contribution in [2.45, 2.75) is 58.4 Å². The molecule has 1 atom stereocenters. The van der Waals surface area contributed by atoms with Gasteiger partial charge in [0.05, 0.1) is 5.54 Å². The van der Waals surface area contributed by atoms with Crippen LogP contribution in [0.15, 0.2) is 18.2 Å². The molecular formula is C22H33N3O3. The van der Waals surface area contributed by atoms with Crippen LogP contribution in [0.1, 0.15) is 56.7 Å². The number of hydroxylamine groups is 1. The van der Waals surface area contributed by atoms with Gasteiger partial charge < -0.3 is 10.2 Å². The van der Waals surface area contributed by atoms with Gasteiger partial charge in [-0.1, -0.05) is 25.1 Å². The summed E-state index contributed by atoms with van der Waals surface area (Å²) in [6.07, 6.45) is 3.90. The van der Waals surface area contributed by atoms with Crippen molar-refractivity contribution in [3.05, 3.63) is 34.9 Å². The number of amides is 2. The fraction of sp³-hybridized carbons (Fsp3) is 0.636. The number of hydrogen-bond donors (Lipinski definition) is 3. The molecule has 28 heavy (non-hydrogen) atoms. The van der Waals surface area contributed by atoms with Gasteiger partial charge >= 0.3 is 0 Å². The molecule has 0 saturated carbocycles. The number of aryl methyl sites for hydroxylation is 1. The summed E-state index contributed by atoms with van der Waals surface area (Å²) in [5.41, 5.74) is 4.47. The van der Waals surface area contributed by atoms with Crippen molar-refractivity contribution in [2.75, 3.05) is 20.1 Å². The standard InChI is InChI=1S/C22H33N3O3/c1-21(2,25(4)20(27)22(3)9-11-23-12-10-22)18-8-7-15-5-6-16(19(26)24-28)13-17(15)14-18/h7-8,14,16,23,28H,5-6,9-13H2,1-4H3,(H,24,26). The van der Waals surface area contributed by atoms with E-state index < -0.39 is 5.54 Å². The molecule has 2 amide bonds. The van der Waals surface area contributed by atoms with Crippen molar-refractivity contribution in [2.24, 2.45) is 11.3 Å². The molecule has 0 aromatic heterocycles. The first-order valence-corrected chi connectivity index (χ1v) is 10.2. The molecule has 1 saturated heterocycles. The van der Waals surface area contributed by atoms with Crippen LogP contribution in [0.2, 0.25) is 0 Å². The number of piperidine rings is 1. The van der Waals surface area contributed by atoms with Crippen LogP contribution in [0, 0.1) is 11.3 Å². The first-order valence-electron chi connectivity index (χ1n) is 10.2. The van der Waals surface area contributed by atoms with Gasteiger partial charge in [0, 0.05) is 18.4 Å². The highest BCUT2D eigenvalue weighted by molar-refractivity contribution is 5.83. The van der Waals surface area contributed by atoms with Crippen molar-refractivity contribution < 1.29 is 14.8 Å². The average Bonchev–Trinajstić information content (AvgIpc) is 2.71. The van der Waals surface area contributed by atoms with E-state index in [1.165, 1.54) is 5.56 Å². The Balaban J connectivity index is 1.83. The highest BCUT2D eigenvalue weighted by Crippen LogP contribution is 2.37. The second kappa shape index (κ2) is 7.84. The summed E-state index contributed by atoms with van der Waals surface area (Å²) < 4.78 is 0. The van der Waals surface area contributed by atoms with Crippen molar-refractivity contribution in [3.63, 3.8) is 0 Å². The maximum Gasteiger partial charge on any atom is 0.246 e. The Kier molecular flexibility index (Phi) is 5.82. The molecule has 154 valence electrons. The average molecular weight is 388 g/mol. The lowest BCUT2D eigenvalue weighted by atomic mass is 9.77. The molecule has 2 aliphatic rings. The number of carbonyl (C=O) groups excluding carboxylic acids is 2. The van der Waals surface area contributed by atoms with Crippen molar-refractivity contribution in [1.29, 1.82) is 0 Å². The molecule has 1 aliphatic heterocycles. The molecule has 0 bridgehead atoms. The van der Waals surface area contributed by atoms with Crippen molar-refractivity contribution >= 4 is 11.8 Å². The number of benzene rings is 1. The third-order valence-corrected chi connectivity index (χ3v) is 6.99. The molecule has 1 unspecified atom stereocenters. The summed E-state index contributed by atoms with van der Waals surface area (Å²) in [5, 5.41) is 12.3. The number of nitrogens with zero attached hydrogens (tertiary/aromatic N) is 1. The van der Waals surface area contributed by atoms with E-state index in [4.69, 9.17) is 5.21 Å². The Morgan fingerprint density at radius 3 is 2.57 bits per heavy atom. The highest BCUT2D eigenvalue weighted by atomic mass is 16.5. The van der Waals surface area contributed by atoms with E-state index in [9.17, 15) is 9.59 Å². The minimum atomic E-state index is -0.452. The highest BCUT2D eigenvalue weighted by Gasteiger charge is 2.41. The normalized spacial score (nSPS) is 21.5. The minimum Gasteiger partial charge on any atom is -0.336 e. The Labute approximate surface area is 167 Å². The van der Waals surface area contributed by atoms with E-state index in [0.717, 1.165) is 49.9 Å². The molecular weight excluding hydrogens is 354 g/mol. The lowest BCUT2D eigenvalue weighted by Crippen LogP contribution is -2.52. The third-order valence-electron chi connectivity index (χ3n) is 6.99. The monoisotopic (exact) mass is 387 g/mol. The minimum absolute atomic E-state index is 0.189. The van der Waals surface area contributed by atoms with E-state index >= 15 is 0 Å². The summed E-state index contributed by atoms with van der Waals surface area (Å²) in [7, 11) is 1.90. The maximum absolute atomic E-state index is 13.3. The number of hydrogen-bond acceptors (Lipinski definition) is 4. The third kappa shape index (κ3) is 3.80. The van der Waals surface area contributed by atoms with E-state index in [1.807, 2.05) is 11.9 Å². The second-order valence-electron chi connectivity index (χ2n) is 9.13. The van der Waals surface area contributed by atoms with E-state index in [1.54, 1.807) is 5.48 Å². The second-order valence-corrected chi connectivity index (χ2v) is 9.13. The van der Waals surface area contributed by atoms with Gasteiger partial charge in [-0.2, -0.15) is 0 Å². The molecule has 3 rings (SSSR count). The van der Waals surface area contributed by atoms with Crippen LogP contribution in [0.4, 0.5) is 0 Å². The lowest BCUT2D eigenvalue weighted by Gasteiger charge is -2.43. The first kappa shape index (κ1) is 20.8. The summed E-state index contributed by atoms with van der Waals surface area (Å²) in [6.45, 7) is 8.00. The first-order chi connectivity index (χ1) is 13.2. The van der Waals surface area contributed by atoms with Crippen LogP contribution in [0.3, 0.4) is 0 Å². The number of nitrogens with one attached hydrogen (secondary N) is 2. The van der Waals surface area contributed by atoms with Crippen LogP contribution in [-0.2, 0) is 28.0 Å².